The van der Waals surface area contributed by atoms with Gasteiger partial charge in [0.2, 0.25) is 5.91 Å². The van der Waals surface area contributed by atoms with Crippen molar-refractivity contribution in [2.24, 2.45) is 0 Å². The average Bonchev–Trinajstić information content (AvgIpc) is 3.07. The molecule has 0 aliphatic carbocycles. The van der Waals surface area contributed by atoms with E-state index in [4.69, 9.17) is 11.6 Å². The van der Waals surface area contributed by atoms with Crippen LogP contribution < -0.4 is 16.0 Å². The molecular weight excluding hydrogens is 436 g/mol. The number of nitrogens with zero attached hydrogens (tertiary/aromatic N) is 1. The smallest absolute Gasteiger partial charge is 0.258 e. The number of carbonyl (C=O) groups excluding carboxylic acids is 2. The van der Waals surface area contributed by atoms with Gasteiger partial charge < -0.3 is 20.9 Å². The summed E-state index contributed by atoms with van der Waals surface area (Å²) in [5, 5.41) is 9.68. The van der Waals surface area contributed by atoms with Crippen LogP contribution in [0.25, 0.3) is 11.3 Å². The van der Waals surface area contributed by atoms with Crippen LogP contribution in [0.1, 0.15) is 23.6 Å². The summed E-state index contributed by atoms with van der Waals surface area (Å²) in [6, 6.07) is 20.9. The number of amides is 2. The van der Waals surface area contributed by atoms with E-state index in [0.717, 1.165) is 23.4 Å². The Kier molecular flexibility index (Phi) is 6.49. The molecule has 1 heterocycles. The second kappa shape index (κ2) is 9.48. The number of nitrogens with one attached hydrogen (secondary N) is 3. The first-order valence-electron chi connectivity index (χ1n) is 10.5. The van der Waals surface area contributed by atoms with Crippen molar-refractivity contribution in [2.75, 3.05) is 30.0 Å². The molecule has 0 atom stereocenters. The predicted octanol–water partition coefficient (Wildman–Crippen LogP) is 5.29. The zero-order valence-electron chi connectivity index (χ0n) is 18.7. The van der Waals surface area contributed by atoms with Crippen molar-refractivity contribution in [3.63, 3.8) is 0 Å². The summed E-state index contributed by atoms with van der Waals surface area (Å²) < 4.78 is 0. The van der Waals surface area contributed by atoms with Crippen LogP contribution in [-0.4, -0.2) is 30.8 Å². The number of halogens is 1. The second-order valence-corrected chi connectivity index (χ2v) is 8.65. The molecule has 1 aliphatic heterocycles. The molecule has 7 heteroatoms. The number of benzene rings is 3. The molecule has 0 unspecified atom stereocenters. The maximum Gasteiger partial charge on any atom is 0.258 e. The van der Waals surface area contributed by atoms with Crippen molar-refractivity contribution in [3.05, 3.63) is 88.4 Å². The van der Waals surface area contributed by atoms with E-state index in [9.17, 15) is 9.59 Å². The van der Waals surface area contributed by atoms with Gasteiger partial charge >= 0.3 is 0 Å². The number of hydrogen-bond donors (Lipinski definition) is 3. The largest absolute Gasteiger partial charge is 0.354 e. The lowest BCUT2D eigenvalue weighted by atomic mass is 9.99. The van der Waals surface area contributed by atoms with Gasteiger partial charge in [-0.3, -0.25) is 9.59 Å². The van der Waals surface area contributed by atoms with Gasteiger partial charge in [-0.25, -0.2) is 0 Å². The Bertz CT molecular complexity index is 1230. The van der Waals surface area contributed by atoms with E-state index in [1.165, 1.54) is 12.5 Å². The summed E-state index contributed by atoms with van der Waals surface area (Å²) in [5.41, 5.74) is 6.22. The highest BCUT2D eigenvalue weighted by Crippen LogP contribution is 2.39. The highest BCUT2D eigenvalue weighted by Gasteiger charge is 2.28. The van der Waals surface area contributed by atoms with E-state index in [1.54, 1.807) is 12.1 Å². The van der Waals surface area contributed by atoms with Crippen molar-refractivity contribution >= 4 is 51.7 Å². The monoisotopic (exact) mass is 460 g/mol. The zero-order valence-corrected chi connectivity index (χ0v) is 19.5. The molecule has 0 bridgehead atoms. The fourth-order valence-electron chi connectivity index (χ4n) is 3.80. The van der Waals surface area contributed by atoms with Gasteiger partial charge in [-0.05, 0) is 61.6 Å². The van der Waals surface area contributed by atoms with Crippen LogP contribution in [-0.2, 0) is 16.1 Å². The molecule has 1 aliphatic rings. The Morgan fingerprint density at radius 2 is 1.58 bits per heavy atom. The van der Waals surface area contributed by atoms with Crippen LogP contribution in [0.5, 0.6) is 0 Å². The third-order valence-corrected chi connectivity index (χ3v) is 5.43. The van der Waals surface area contributed by atoms with Crippen molar-refractivity contribution in [2.45, 2.75) is 13.5 Å². The van der Waals surface area contributed by atoms with Gasteiger partial charge in [0.25, 0.3) is 5.91 Å². The number of rotatable bonds is 6. The summed E-state index contributed by atoms with van der Waals surface area (Å²) in [7, 11) is 4.06. The van der Waals surface area contributed by atoms with Crippen molar-refractivity contribution < 1.29 is 9.59 Å². The van der Waals surface area contributed by atoms with Crippen molar-refractivity contribution in [3.8, 4) is 0 Å². The summed E-state index contributed by atoms with van der Waals surface area (Å²) in [6.45, 7) is 2.31. The van der Waals surface area contributed by atoms with Gasteiger partial charge in [0.1, 0.15) is 0 Å². The molecule has 3 aromatic rings. The van der Waals surface area contributed by atoms with Crippen molar-refractivity contribution in [1.82, 2.24) is 4.90 Å². The van der Waals surface area contributed by atoms with Gasteiger partial charge in [-0.15, -0.1) is 0 Å². The topological polar surface area (TPSA) is 73.5 Å². The number of fused-ring (bicyclic) bond motifs is 1. The third-order valence-electron chi connectivity index (χ3n) is 5.19. The minimum atomic E-state index is -0.204. The molecule has 168 valence electrons. The summed E-state index contributed by atoms with van der Waals surface area (Å²) in [6.07, 6.45) is 0. The number of anilines is 3. The Hall–Kier alpha value is -3.61. The molecule has 3 N–H and O–H groups in total. The first-order chi connectivity index (χ1) is 15.8. The van der Waals surface area contributed by atoms with Crippen LogP contribution in [0.2, 0.25) is 5.02 Å². The standard InChI is InChI=1S/C26H25ClN4O2/c1-16(32)28-20-11-6-18(7-12-20)25(29-21-9-4-17(5-10-21)15-31(2)3)24-22-13-8-19(27)14-23(22)30-26(24)33/h4-14,29H,15H2,1-3H3,(H,28,32)(H,30,33)/b25-24-. The molecule has 0 aromatic heterocycles. The van der Waals surface area contributed by atoms with Crippen LogP contribution in [0.3, 0.4) is 0 Å². The molecule has 3 aromatic carbocycles. The minimum absolute atomic E-state index is 0.141. The van der Waals surface area contributed by atoms with Gasteiger partial charge in [0.05, 0.1) is 17.0 Å². The lowest BCUT2D eigenvalue weighted by Gasteiger charge is -2.16. The average molecular weight is 461 g/mol. The van der Waals surface area contributed by atoms with Crippen LogP contribution in [0, 0.1) is 0 Å². The van der Waals surface area contributed by atoms with Crippen LogP contribution >= 0.6 is 11.6 Å². The first-order valence-corrected chi connectivity index (χ1v) is 10.9. The molecule has 33 heavy (non-hydrogen) atoms. The SMILES string of the molecule is CC(=O)Nc1ccc(/C(Nc2ccc(CN(C)C)cc2)=C2/C(=O)Nc3cc(Cl)ccc32)cc1. The summed E-state index contributed by atoms with van der Waals surface area (Å²) in [4.78, 5) is 26.5. The number of carbonyl (C=O) groups is 2. The Morgan fingerprint density at radius 3 is 2.21 bits per heavy atom. The lowest BCUT2D eigenvalue weighted by Crippen LogP contribution is -2.11. The molecule has 0 spiro atoms. The minimum Gasteiger partial charge on any atom is -0.354 e. The quantitative estimate of drug-likeness (QED) is 0.437. The van der Waals surface area contributed by atoms with E-state index >= 15 is 0 Å². The predicted molar refractivity (Wildman–Crippen MR) is 135 cm³/mol. The van der Waals surface area contributed by atoms with Crippen LogP contribution in [0.4, 0.5) is 17.1 Å². The van der Waals surface area contributed by atoms with Gasteiger partial charge in [0.15, 0.2) is 0 Å². The molecule has 4 rings (SSSR count). The Labute approximate surface area is 198 Å². The van der Waals surface area contributed by atoms with Crippen molar-refractivity contribution in [1.29, 1.82) is 0 Å². The van der Waals surface area contributed by atoms with E-state index in [0.29, 0.717) is 27.7 Å². The Balaban J connectivity index is 1.77. The zero-order chi connectivity index (χ0) is 23.5. The van der Waals surface area contributed by atoms with E-state index in [1.807, 2.05) is 56.6 Å². The lowest BCUT2D eigenvalue weighted by molar-refractivity contribution is -0.114. The highest BCUT2D eigenvalue weighted by molar-refractivity contribution is 6.38. The molecule has 0 radical (unpaired) electrons. The summed E-state index contributed by atoms with van der Waals surface area (Å²) >= 11 is 6.13. The van der Waals surface area contributed by atoms with E-state index < -0.39 is 0 Å². The molecule has 2 amide bonds. The van der Waals surface area contributed by atoms with E-state index in [-0.39, 0.29) is 11.8 Å². The van der Waals surface area contributed by atoms with Gasteiger partial charge in [-0.2, -0.15) is 0 Å². The van der Waals surface area contributed by atoms with Crippen LogP contribution in [0.15, 0.2) is 66.7 Å². The Morgan fingerprint density at radius 1 is 0.939 bits per heavy atom. The molecule has 6 nitrogen and oxygen atoms in total. The molecular formula is C26H25ClN4O2. The second-order valence-electron chi connectivity index (χ2n) is 8.21. The maximum atomic E-state index is 13.0. The van der Waals surface area contributed by atoms with Gasteiger partial charge in [0, 0.05) is 35.4 Å². The highest BCUT2D eigenvalue weighted by atomic mass is 35.5. The normalized spacial score (nSPS) is 14.0. The fourth-order valence-corrected chi connectivity index (χ4v) is 3.97. The molecule has 0 saturated carbocycles. The number of hydrogen-bond acceptors (Lipinski definition) is 4. The van der Waals surface area contributed by atoms with Gasteiger partial charge in [-0.1, -0.05) is 41.9 Å². The molecule has 0 saturated heterocycles. The maximum absolute atomic E-state index is 13.0. The molecule has 0 fully saturated rings. The third kappa shape index (κ3) is 5.25. The summed E-state index contributed by atoms with van der Waals surface area (Å²) in [5.74, 6) is -0.344. The fraction of sp³-hybridized carbons (Fsp3) is 0.154. The first kappa shape index (κ1) is 22.6. The van der Waals surface area contributed by atoms with E-state index in [2.05, 4.69) is 33.0 Å².